The highest BCUT2D eigenvalue weighted by atomic mass is 16.4. The van der Waals surface area contributed by atoms with Crippen molar-refractivity contribution in [2.45, 2.75) is 18.9 Å². The summed E-state index contributed by atoms with van der Waals surface area (Å²) in [4.78, 5) is 11.9. The Balaban J connectivity index is 1.45. The molecular formula is C16H17N5O3. The highest BCUT2D eigenvalue weighted by molar-refractivity contribution is 5.78. The lowest BCUT2D eigenvalue weighted by Crippen LogP contribution is -2.27. The fourth-order valence-electron chi connectivity index (χ4n) is 2.27. The number of aromatic nitrogens is 4. The van der Waals surface area contributed by atoms with E-state index in [2.05, 4.69) is 20.8 Å². The number of benzene rings is 1. The third-order valence-electron chi connectivity index (χ3n) is 3.53. The molecule has 1 aromatic carbocycles. The summed E-state index contributed by atoms with van der Waals surface area (Å²) >= 11 is 0. The molecule has 0 saturated carbocycles. The molecule has 0 saturated heterocycles. The van der Waals surface area contributed by atoms with Gasteiger partial charge in [0.2, 0.25) is 5.91 Å². The minimum atomic E-state index is -0.712. The fraction of sp³-hybridized carbons (Fsp3) is 0.250. The van der Waals surface area contributed by atoms with Gasteiger partial charge < -0.3 is 14.8 Å². The predicted molar refractivity (Wildman–Crippen MR) is 84.2 cm³/mol. The average Bonchev–Trinajstić information content (AvgIpc) is 3.29. The van der Waals surface area contributed by atoms with Crippen LogP contribution in [-0.4, -0.2) is 37.8 Å². The Kier molecular flexibility index (Phi) is 4.97. The van der Waals surface area contributed by atoms with E-state index in [1.807, 2.05) is 24.3 Å². The maximum Gasteiger partial charge on any atom is 0.224 e. The van der Waals surface area contributed by atoms with E-state index in [0.717, 1.165) is 11.3 Å². The van der Waals surface area contributed by atoms with Gasteiger partial charge in [0.15, 0.2) is 0 Å². The molecule has 3 rings (SSSR count). The second kappa shape index (κ2) is 7.51. The molecule has 3 aromatic rings. The van der Waals surface area contributed by atoms with Crippen LogP contribution in [-0.2, 0) is 11.2 Å². The van der Waals surface area contributed by atoms with Gasteiger partial charge in [0.05, 0.1) is 18.4 Å². The smallest absolute Gasteiger partial charge is 0.224 e. The summed E-state index contributed by atoms with van der Waals surface area (Å²) in [6.45, 7) is 0.378. The first-order valence-electron chi connectivity index (χ1n) is 7.53. The molecule has 2 heterocycles. The molecule has 8 heteroatoms. The Bertz CT molecular complexity index is 754. The maximum absolute atomic E-state index is 11.9. The van der Waals surface area contributed by atoms with Crippen molar-refractivity contribution in [2.24, 2.45) is 0 Å². The summed E-state index contributed by atoms with van der Waals surface area (Å²) in [6.07, 6.45) is 2.97. The fourth-order valence-corrected chi connectivity index (χ4v) is 2.27. The van der Waals surface area contributed by atoms with Crippen molar-refractivity contribution in [2.75, 3.05) is 6.54 Å². The van der Waals surface area contributed by atoms with Crippen LogP contribution in [0.15, 0.2) is 53.4 Å². The molecule has 0 aliphatic carbocycles. The highest BCUT2D eigenvalue weighted by Crippen LogP contribution is 2.15. The first-order chi connectivity index (χ1) is 11.7. The lowest BCUT2D eigenvalue weighted by Gasteiger charge is -2.09. The van der Waals surface area contributed by atoms with Gasteiger partial charge in [-0.25, -0.2) is 4.68 Å². The van der Waals surface area contributed by atoms with Gasteiger partial charge in [-0.3, -0.25) is 4.79 Å². The summed E-state index contributed by atoms with van der Waals surface area (Å²) in [5.41, 5.74) is 1.71. The molecule has 8 nitrogen and oxygen atoms in total. The Morgan fingerprint density at radius 2 is 2.12 bits per heavy atom. The zero-order valence-electron chi connectivity index (χ0n) is 12.9. The Morgan fingerprint density at radius 1 is 1.29 bits per heavy atom. The van der Waals surface area contributed by atoms with Crippen molar-refractivity contribution in [3.63, 3.8) is 0 Å². The van der Waals surface area contributed by atoms with E-state index in [-0.39, 0.29) is 12.3 Å². The number of aliphatic hydroxyl groups is 1. The molecule has 2 N–H and O–H groups in total. The van der Waals surface area contributed by atoms with Gasteiger partial charge in [0.1, 0.15) is 18.2 Å². The maximum atomic E-state index is 11.9. The third kappa shape index (κ3) is 4.05. The second-order valence-electron chi connectivity index (χ2n) is 5.27. The van der Waals surface area contributed by atoms with E-state index < -0.39 is 6.10 Å². The molecule has 124 valence electrons. The van der Waals surface area contributed by atoms with E-state index in [9.17, 15) is 9.90 Å². The molecule has 0 spiro atoms. The molecule has 1 amide bonds. The molecule has 0 unspecified atom stereocenters. The quantitative estimate of drug-likeness (QED) is 0.671. The van der Waals surface area contributed by atoms with Gasteiger partial charge in [-0.2, -0.15) is 0 Å². The Hall–Kier alpha value is -3.00. The number of furan rings is 1. The van der Waals surface area contributed by atoms with Crippen molar-refractivity contribution in [3.05, 3.63) is 60.3 Å². The van der Waals surface area contributed by atoms with Crippen LogP contribution in [0.2, 0.25) is 0 Å². The second-order valence-corrected chi connectivity index (χ2v) is 5.27. The number of tetrazole rings is 1. The van der Waals surface area contributed by atoms with Crippen LogP contribution in [0.4, 0.5) is 0 Å². The van der Waals surface area contributed by atoms with Crippen LogP contribution in [0.25, 0.3) is 5.69 Å². The van der Waals surface area contributed by atoms with E-state index in [0.29, 0.717) is 18.7 Å². The normalized spacial score (nSPS) is 12.0. The molecular weight excluding hydrogens is 310 g/mol. The zero-order valence-corrected chi connectivity index (χ0v) is 12.9. The van der Waals surface area contributed by atoms with Crippen LogP contribution in [0.3, 0.4) is 0 Å². The van der Waals surface area contributed by atoms with Gasteiger partial charge in [0, 0.05) is 6.54 Å². The van der Waals surface area contributed by atoms with Gasteiger partial charge in [-0.05, 0) is 46.7 Å². The zero-order chi connectivity index (χ0) is 16.8. The van der Waals surface area contributed by atoms with Gasteiger partial charge in [-0.1, -0.05) is 12.1 Å². The van der Waals surface area contributed by atoms with Crippen LogP contribution < -0.4 is 5.32 Å². The van der Waals surface area contributed by atoms with Crippen LogP contribution in [0, 0.1) is 0 Å². The number of nitrogens with zero attached hydrogens (tertiary/aromatic N) is 4. The minimum absolute atomic E-state index is 0.100. The molecule has 24 heavy (non-hydrogen) atoms. The van der Waals surface area contributed by atoms with Crippen LogP contribution in [0.1, 0.15) is 23.8 Å². The largest absolute Gasteiger partial charge is 0.467 e. The van der Waals surface area contributed by atoms with E-state index in [1.165, 1.54) is 12.6 Å². The number of amides is 1. The number of hydrogen-bond donors (Lipinski definition) is 2. The van der Waals surface area contributed by atoms with Crippen molar-refractivity contribution in [3.8, 4) is 5.69 Å². The monoisotopic (exact) mass is 327 g/mol. The highest BCUT2D eigenvalue weighted by Gasteiger charge is 2.11. The molecule has 2 aromatic heterocycles. The summed E-state index contributed by atoms with van der Waals surface area (Å²) in [5, 5.41) is 23.6. The Labute approximate surface area is 138 Å². The van der Waals surface area contributed by atoms with Crippen molar-refractivity contribution in [1.82, 2.24) is 25.5 Å². The molecule has 0 aliphatic heterocycles. The van der Waals surface area contributed by atoms with Crippen molar-refractivity contribution in [1.29, 1.82) is 0 Å². The molecule has 0 bridgehead atoms. The van der Waals surface area contributed by atoms with Crippen molar-refractivity contribution >= 4 is 5.91 Å². The van der Waals surface area contributed by atoms with E-state index in [4.69, 9.17) is 4.42 Å². The minimum Gasteiger partial charge on any atom is -0.467 e. The van der Waals surface area contributed by atoms with Crippen LogP contribution >= 0.6 is 0 Å². The number of carbonyl (C=O) groups excluding carboxylic acids is 1. The molecule has 0 radical (unpaired) electrons. The lowest BCUT2D eigenvalue weighted by molar-refractivity contribution is -0.120. The van der Waals surface area contributed by atoms with E-state index in [1.54, 1.807) is 16.8 Å². The van der Waals surface area contributed by atoms with Crippen LogP contribution in [0.5, 0.6) is 0 Å². The van der Waals surface area contributed by atoms with Gasteiger partial charge >= 0.3 is 0 Å². The summed E-state index contributed by atoms with van der Waals surface area (Å²) in [5.74, 6) is 0.402. The number of hydrogen-bond acceptors (Lipinski definition) is 6. The molecule has 0 fully saturated rings. The van der Waals surface area contributed by atoms with Crippen molar-refractivity contribution < 1.29 is 14.3 Å². The first-order valence-corrected chi connectivity index (χ1v) is 7.53. The summed E-state index contributed by atoms with van der Waals surface area (Å²) in [7, 11) is 0. The Morgan fingerprint density at radius 3 is 2.79 bits per heavy atom. The van der Waals surface area contributed by atoms with Gasteiger partial charge in [-0.15, -0.1) is 5.10 Å². The third-order valence-corrected chi connectivity index (χ3v) is 3.53. The standard InChI is InChI=1S/C16H17N5O3/c22-14(15-2-1-9-24-15)7-8-17-16(23)10-12-3-5-13(6-4-12)21-11-18-19-20-21/h1-6,9,11,14,22H,7-8,10H2,(H,17,23)/t14-/m1/s1. The summed E-state index contributed by atoms with van der Waals surface area (Å²) in [6, 6.07) is 10.8. The molecule has 0 aliphatic rings. The molecule has 1 atom stereocenters. The number of nitrogens with one attached hydrogen (secondary N) is 1. The SMILES string of the molecule is O=C(Cc1ccc(-n2cnnn2)cc1)NCC[C@@H](O)c1ccco1. The lowest BCUT2D eigenvalue weighted by atomic mass is 10.1. The van der Waals surface area contributed by atoms with Gasteiger partial charge in [0.25, 0.3) is 0 Å². The predicted octanol–water partition coefficient (Wildman–Crippen LogP) is 1.04. The topological polar surface area (TPSA) is 106 Å². The average molecular weight is 327 g/mol. The number of aliphatic hydroxyl groups excluding tert-OH is 1. The first kappa shape index (κ1) is 15.9. The number of rotatable bonds is 7. The summed E-state index contributed by atoms with van der Waals surface area (Å²) < 4.78 is 6.65. The van der Waals surface area contributed by atoms with E-state index >= 15 is 0 Å². The number of carbonyl (C=O) groups is 1.